The van der Waals surface area contributed by atoms with E-state index in [9.17, 15) is 14.7 Å². The SMILES string of the molecule is O=C1c2ccccc2C(=O)N1CC1(CO)OCCO1. The first-order chi connectivity index (χ1) is 9.17. The fourth-order valence-corrected chi connectivity index (χ4v) is 2.35. The maximum Gasteiger partial charge on any atom is 0.261 e. The van der Waals surface area contributed by atoms with Crippen LogP contribution in [0.1, 0.15) is 20.7 Å². The molecule has 0 aliphatic carbocycles. The van der Waals surface area contributed by atoms with Gasteiger partial charge in [0.25, 0.3) is 11.8 Å². The summed E-state index contributed by atoms with van der Waals surface area (Å²) in [6, 6.07) is 6.63. The normalized spacial score (nSPS) is 21.0. The first kappa shape index (κ1) is 12.3. The predicted molar refractivity (Wildman–Crippen MR) is 63.5 cm³/mol. The second-order valence-electron chi connectivity index (χ2n) is 4.51. The summed E-state index contributed by atoms with van der Waals surface area (Å²) in [5, 5.41) is 9.37. The number of fused-ring (bicyclic) bond motifs is 1. The number of ether oxygens (including phenoxy) is 2. The van der Waals surface area contributed by atoms with Crippen LogP contribution >= 0.6 is 0 Å². The Morgan fingerprint density at radius 2 is 1.63 bits per heavy atom. The molecule has 6 nitrogen and oxygen atoms in total. The van der Waals surface area contributed by atoms with Crippen LogP contribution in [0.5, 0.6) is 0 Å². The molecular formula is C13H13NO5. The smallest absolute Gasteiger partial charge is 0.261 e. The Morgan fingerprint density at radius 3 is 2.11 bits per heavy atom. The molecule has 2 aliphatic rings. The minimum absolute atomic E-state index is 0.101. The molecule has 1 N–H and O–H groups in total. The zero-order chi connectivity index (χ0) is 13.5. The van der Waals surface area contributed by atoms with E-state index in [1.807, 2.05) is 0 Å². The van der Waals surface area contributed by atoms with E-state index in [4.69, 9.17) is 9.47 Å². The van der Waals surface area contributed by atoms with Gasteiger partial charge in [0.2, 0.25) is 5.79 Å². The third kappa shape index (κ3) is 1.85. The van der Waals surface area contributed by atoms with E-state index >= 15 is 0 Å². The minimum atomic E-state index is -1.28. The summed E-state index contributed by atoms with van der Waals surface area (Å²) in [6.45, 7) is 0.170. The molecule has 0 saturated carbocycles. The second kappa shape index (κ2) is 4.41. The second-order valence-corrected chi connectivity index (χ2v) is 4.51. The Bertz CT molecular complexity index is 501. The molecule has 1 aromatic carbocycles. The van der Waals surface area contributed by atoms with Crippen LogP contribution in [-0.4, -0.2) is 54.0 Å². The molecule has 2 aliphatic heterocycles. The number of imide groups is 1. The van der Waals surface area contributed by atoms with Gasteiger partial charge in [-0.25, -0.2) is 0 Å². The Labute approximate surface area is 109 Å². The molecule has 1 saturated heterocycles. The van der Waals surface area contributed by atoms with E-state index in [0.717, 1.165) is 4.90 Å². The number of aliphatic hydroxyl groups excluding tert-OH is 1. The van der Waals surface area contributed by atoms with Crippen molar-refractivity contribution < 1.29 is 24.2 Å². The Balaban J connectivity index is 1.88. The predicted octanol–water partition coefficient (Wildman–Crippen LogP) is 0.0180. The van der Waals surface area contributed by atoms with Gasteiger partial charge in [-0.15, -0.1) is 0 Å². The van der Waals surface area contributed by atoms with Crippen molar-refractivity contribution in [2.45, 2.75) is 5.79 Å². The molecule has 1 aromatic rings. The van der Waals surface area contributed by atoms with Gasteiger partial charge in [0.1, 0.15) is 0 Å². The van der Waals surface area contributed by atoms with Crippen LogP contribution in [0.3, 0.4) is 0 Å². The topological polar surface area (TPSA) is 76.1 Å². The number of aliphatic hydroxyl groups is 1. The van der Waals surface area contributed by atoms with E-state index < -0.39 is 12.4 Å². The average Bonchev–Trinajstić information content (AvgIpc) is 3.00. The lowest BCUT2D eigenvalue weighted by atomic mass is 10.1. The number of carbonyl (C=O) groups excluding carboxylic acids is 2. The molecule has 0 bridgehead atoms. The summed E-state index contributed by atoms with van der Waals surface area (Å²) in [5.41, 5.74) is 0.747. The van der Waals surface area contributed by atoms with Gasteiger partial charge in [-0.05, 0) is 12.1 Å². The van der Waals surface area contributed by atoms with Crippen molar-refractivity contribution in [1.82, 2.24) is 4.90 Å². The van der Waals surface area contributed by atoms with Crippen molar-refractivity contribution in [2.75, 3.05) is 26.4 Å². The molecule has 3 rings (SSSR count). The van der Waals surface area contributed by atoms with Gasteiger partial charge in [-0.3, -0.25) is 14.5 Å². The van der Waals surface area contributed by atoms with Crippen LogP contribution in [0.15, 0.2) is 24.3 Å². The number of nitrogens with zero attached hydrogens (tertiary/aromatic N) is 1. The highest BCUT2D eigenvalue weighted by Crippen LogP contribution is 2.27. The molecule has 0 unspecified atom stereocenters. The molecule has 0 atom stereocenters. The summed E-state index contributed by atoms with van der Waals surface area (Å²) in [4.78, 5) is 25.4. The van der Waals surface area contributed by atoms with Crippen molar-refractivity contribution in [2.24, 2.45) is 0 Å². The van der Waals surface area contributed by atoms with Gasteiger partial charge in [0, 0.05) is 0 Å². The van der Waals surface area contributed by atoms with E-state index in [2.05, 4.69) is 0 Å². The summed E-state index contributed by atoms with van der Waals surface area (Å²) < 4.78 is 10.7. The van der Waals surface area contributed by atoms with Crippen molar-refractivity contribution >= 4 is 11.8 Å². The van der Waals surface area contributed by atoms with Gasteiger partial charge in [0.15, 0.2) is 0 Å². The highest BCUT2D eigenvalue weighted by molar-refractivity contribution is 6.21. The van der Waals surface area contributed by atoms with Crippen LogP contribution in [-0.2, 0) is 9.47 Å². The lowest BCUT2D eigenvalue weighted by molar-refractivity contribution is -0.186. The maximum absolute atomic E-state index is 12.2. The van der Waals surface area contributed by atoms with Crippen LogP contribution < -0.4 is 0 Å². The lowest BCUT2D eigenvalue weighted by Crippen LogP contribution is -2.48. The van der Waals surface area contributed by atoms with Crippen LogP contribution in [0.4, 0.5) is 0 Å². The Morgan fingerprint density at radius 1 is 1.11 bits per heavy atom. The van der Waals surface area contributed by atoms with E-state index in [1.165, 1.54) is 0 Å². The molecule has 6 heteroatoms. The number of rotatable bonds is 3. The molecule has 19 heavy (non-hydrogen) atoms. The minimum Gasteiger partial charge on any atom is -0.391 e. The largest absolute Gasteiger partial charge is 0.391 e. The fourth-order valence-electron chi connectivity index (χ4n) is 2.35. The quantitative estimate of drug-likeness (QED) is 0.778. The van der Waals surface area contributed by atoms with Crippen LogP contribution in [0.25, 0.3) is 0 Å². The van der Waals surface area contributed by atoms with Gasteiger partial charge in [0.05, 0.1) is 37.5 Å². The number of amides is 2. The molecule has 0 radical (unpaired) electrons. The Kier molecular flexibility index (Phi) is 2.85. The summed E-state index contributed by atoms with van der Waals surface area (Å²) in [6.07, 6.45) is 0. The highest BCUT2D eigenvalue weighted by Gasteiger charge is 2.44. The first-order valence-electron chi connectivity index (χ1n) is 6.01. The van der Waals surface area contributed by atoms with Gasteiger partial charge in [-0.2, -0.15) is 0 Å². The molecular weight excluding hydrogens is 250 g/mol. The highest BCUT2D eigenvalue weighted by atomic mass is 16.7. The van der Waals surface area contributed by atoms with Crippen molar-refractivity contribution in [3.05, 3.63) is 35.4 Å². The molecule has 0 spiro atoms. The molecule has 0 aromatic heterocycles. The molecule has 100 valence electrons. The van der Waals surface area contributed by atoms with E-state index in [-0.39, 0.29) is 18.4 Å². The first-order valence-corrected chi connectivity index (χ1v) is 6.01. The number of carbonyl (C=O) groups is 2. The standard InChI is InChI=1S/C13H13NO5/c15-8-13(18-5-6-19-13)7-14-11(16)9-3-1-2-4-10(9)12(14)17/h1-4,15H,5-8H2. The zero-order valence-electron chi connectivity index (χ0n) is 10.2. The zero-order valence-corrected chi connectivity index (χ0v) is 10.2. The third-order valence-corrected chi connectivity index (χ3v) is 3.33. The summed E-state index contributed by atoms with van der Waals surface area (Å²) >= 11 is 0. The fraction of sp³-hybridized carbons (Fsp3) is 0.385. The van der Waals surface area contributed by atoms with Gasteiger partial charge >= 0.3 is 0 Å². The number of hydrogen-bond acceptors (Lipinski definition) is 5. The maximum atomic E-state index is 12.2. The summed E-state index contributed by atoms with van der Waals surface area (Å²) in [5.74, 6) is -2.05. The van der Waals surface area contributed by atoms with Crippen molar-refractivity contribution in [3.63, 3.8) is 0 Å². The summed E-state index contributed by atoms with van der Waals surface area (Å²) in [7, 11) is 0. The lowest BCUT2D eigenvalue weighted by Gasteiger charge is -2.28. The number of hydrogen-bond donors (Lipinski definition) is 1. The van der Waals surface area contributed by atoms with Crippen molar-refractivity contribution in [3.8, 4) is 0 Å². The Hall–Kier alpha value is -1.76. The van der Waals surface area contributed by atoms with Crippen LogP contribution in [0, 0.1) is 0 Å². The molecule has 2 heterocycles. The monoisotopic (exact) mass is 263 g/mol. The molecule has 1 fully saturated rings. The number of benzene rings is 1. The van der Waals surface area contributed by atoms with Crippen molar-refractivity contribution in [1.29, 1.82) is 0 Å². The van der Waals surface area contributed by atoms with Gasteiger partial charge in [-0.1, -0.05) is 12.1 Å². The van der Waals surface area contributed by atoms with Gasteiger partial charge < -0.3 is 14.6 Å². The average molecular weight is 263 g/mol. The van der Waals surface area contributed by atoms with Crippen LogP contribution in [0.2, 0.25) is 0 Å². The third-order valence-electron chi connectivity index (χ3n) is 3.33. The van der Waals surface area contributed by atoms with E-state index in [0.29, 0.717) is 24.3 Å². The molecule has 2 amide bonds. The van der Waals surface area contributed by atoms with E-state index in [1.54, 1.807) is 24.3 Å².